The molecule has 0 bridgehead atoms. The molecule has 0 radical (unpaired) electrons. The van der Waals surface area contributed by atoms with Gasteiger partial charge in [-0.2, -0.15) is 0 Å². The lowest BCUT2D eigenvalue weighted by molar-refractivity contribution is -0.384. The summed E-state index contributed by atoms with van der Waals surface area (Å²) in [5, 5.41) is 14.6. The molecule has 1 aromatic carbocycles. The van der Waals surface area contributed by atoms with E-state index in [9.17, 15) is 10.1 Å². The van der Waals surface area contributed by atoms with Crippen LogP contribution in [0.3, 0.4) is 0 Å². The fourth-order valence-electron chi connectivity index (χ4n) is 2.73. The molecule has 1 N–H and O–H groups in total. The zero-order chi connectivity index (χ0) is 15.2. The van der Waals surface area contributed by atoms with Crippen molar-refractivity contribution >= 4 is 28.7 Å². The third kappa shape index (κ3) is 4.14. The zero-order valence-corrected chi connectivity index (χ0v) is 13.1. The summed E-state index contributed by atoms with van der Waals surface area (Å²) in [6.45, 7) is 3.18. The average molecular weight is 307 g/mol. The monoisotopic (exact) mass is 307 g/mol. The Morgan fingerprint density at radius 1 is 1.38 bits per heavy atom. The highest BCUT2D eigenvalue weighted by molar-refractivity contribution is 7.80. The topological polar surface area (TPSA) is 58.4 Å². The fourth-order valence-corrected chi connectivity index (χ4v) is 3.09. The van der Waals surface area contributed by atoms with Crippen LogP contribution in [-0.4, -0.2) is 27.5 Å². The van der Waals surface area contributed by atoms with Gasteiger partial charge in [0.25, 0.3) is 5.69 Å². The smallest absolute Gasteiger partial charge is 0.269 e. The van der Waals surface area contributed by atoms with Crippen molar-refractivity contribution in [2.75, 3.05) is 11.9 Å². The van der Waals surface area contributed by atoms with Gasteiger partial charge in [-0.05, 0) is 43.6 Å². The second-order valence-electron chi connectivity index (χ2n) is 5.34. The van der Waals surface area contributed by atoms with E-state index in [1.807, 2.05) is 0 Å². The minimum atomic E-state index is -0.399. The number of benzene rings is 1. The molecule has 6 heteroatoms. The number of nitrogens with one attached hydrogen (secondary N) is 1. The van der Waals surface area contributed by atoms with Crippen molar-refractivity contribution in [1.82, 2.24) is 4.90 Å². The van der Waals surface area contributed by atoms with Crippen LogP contribution in [0.5, 0.6) is 0 Å². The minimum absolute atomic E-state index is 0.0904. The summed E-state index contributed by atoms with van der Waals surface area (Å²) < 4.78 is 0. The number of hydrogen-bond acceptors (Lipinski definition) is 3. The Labute approximate surface area is 130 Å². The molecule has 21 heavy (non-hydrogen) atoms. The highest BCUT2D eigenvalue weighted by Crippen LogP contribution is 2.21. The van der Waals surface area contributed by atoms with Crippen LogP contribution in [0, 0.1) is 10.1 Å². The maximum Gasteiger partial charge on any atom is 0.269 e. The van der Waals surface area contributed by atoms with E-state index in [0.717, 1.165) is 23.8 Å². The third-order valence-corrected chi connectivity index (χ3v) is 4.28. The lowest BCUT2D eigenvalue weighted by Gasteiger charge is -2.31. The number of anilines is 1. The fraction of sp³-hybridized carbons (Fsp3) is 0.533. The second kappa shape index (κ2) is 7.36. The van der Waals surface area contributed by atoms with E-state index >= 15 is 0 Å². The molecule has 5 nitrogen and oxygen atoms in total. The van der Waals surface area contributed by atoms with Crippen molar-refractivity contribution in [2.45, 2.75) is 45.1 Å². The van der Waals surface area contributed by atoms with Crippen molar-refractivity contribution in [3.05, 3.63) is 34.4 Å². The summed E-state index contributed by atoms with van der Waals surface area (Å²) in [6.07, 6.45) is 5.95. The van der Waals surface area contributed by atoms with Gasteiger partial charge >= 0.3 is 0 Å². The first-order valence-corrected chi connectivity index (χ1v) is 7.84. The van der Waals surface area contributed by atoms with E-state index in [1.165, 1.54) is 37.8 Å². The predicted octanol–water partition coefficient (Wildman–Crippen LogP) is 3.95. The maximum absolute atomic E-state index is 10.7. The summed E-state index contributed by atoms with van der Waals surface area (Å²) in [5.41, 5.74) is 0.886. The highest BCUT2D eigenvalue weighted by atomic mass is 32.1. The van der Waals surface area contributed by atoms with Gasteiger partial charge in [-0.1, -0.05) is 19.8 Å². The third-order valence-electron chi connectivity index (χ3n) is 3.94. The number of likely N-dealkylation sites (tertiary alicyclic amines) is 1. The Morgan fingerprint density at radius 2 is 2.10 bits per heavy atom. The van der Waals surface area contributed by atoms with E-state index < -0.39 is 4.92 Å². The van der Waals surface area contributed by atoms with Crippen molar-refractivity contribution in [3.8, 4) is 0 Å². The largest absolute Gasteiger partial charge is 0.346 e. The van der Waals surface area contributed by atoms with Crippen LogP contribution in [-0.2, 0) is 0 Å². The van der Waals surface area contributed by atoms with E-state index in [1.54, 1.807) is 12.1 Å². The molecule has 114 valence electrons. The number of nitro benzene ring substituents is 1. The molecule has 1 aliphatic rings. The molecule has 1 heterocycles. The van der Waals surface area contributed by atoms with Gasteiger partial charge in [0, 0.05) is 30.4 Å². The normalized spacial score (nSPS) is 18.9. The van der Waals surface area contributed by atoms with Gasteiger partial charge in [0.05, 0.1) is 4.92 Å². The Balaban J connectivity index is 2.03. The van der Waals surface area contributed by atoms with Gasteiger partial charge in [0.2, 0.25) is 0 Å². The quantitative estimate of drug-likeness (QED) is 0.520. The van der Waals surface area contributed by atoms with Crippen LogP contribution in [0.4, 0.5) is 11.4 Å². The molecular formula is C15H21N3O2S. The molecule has 0 aliphatic carbocycles. The van der Waals surface area contributed by atoms with Gasteiger partial charge in [0.15, 0.2) is 5.11 Å². The molecule has 0 amide bonds. The summed E-state index contributed by atoms with van der Waals surface area (Å²) in [7, 11) is 0. The highest BCUT2D eigenvalue weighted by Gasteiger charge is 2.21. The number of nitrogens with zero attached hydrogens (tertiary/aromatic N) is 2. The molecule has 1 saturated heterocycles. The van der Waals surface area contributed by atoms with Gasteiger partial charge in [-0.25, -0.2) is 0 Å². The van der Waals surface area contributed by atoms with Gasteiger partial charge in [-0.3, -0.25) is 10.1 Å². The van der Waals surface area contributed by atoms with Gasteiger partial charge in [-0.15, -0.1) is 0 Å². The van der Waals surface area contributed by atoms with E-state index in [4.69, 9.17) is 12.2 Å². The van der Waals surface area contributed by atoms with E-state index in [-0.39, 0.29) is 5.69 Å². The molecule has 1 aliphatic heterocycles. The Bertz CT molecular complexity index is 504. The molecule has 1 unspecified atom stereocenters. The van der Waals surface area contributed by atoms with Crippen LogP contribution < -0.4 is 5.32 Å². The standard InChI is InChI=1S/C15H21N3O2S/c1-2-13-6-4-3-5-11-17(13)15(21)16-12-7-9-14(10-8-12)18(19)20/h7-10,13H,2-6,11H2,1H3,(H,16,21). The number of nitro groups is 1. The number of non-ortho nitro benzene ring substituents is 1. The number of thiocarbonyl (C=S) groups is 1. The second-order valence-corrected chi connectivity index (χ2v) is 5.73. The van der Waals surface area contributed by atoms with E-state index in [2.05, 4.69) is 17.1 Å². The van der Waals surface area contributed by atoms with Crippen molar-refractivity contribution in [3.63, 3.8) is 0 Å². The van der Waals surface area contributed by atoms with E-state index in [0.29, 0.717) is 6.04 Å². The Hall–Kier alpha value is -1.69. The lowest BCUT2D eigenvalue weighted by Crippen LogP contribution is -2.42. The van der Waals surface area contributed by atoms with Gasteiger partial charge < -0.3 is 10.2 Å². The predicted molar refractivity (Wildman–Crippen MR) is 88.6 cm³/mol. The molecule has 1 atom stereocenters. The Morgan fingerprint density at radius 3 is 2.71 bits per heavy atom. The molecule has 0 saturated carbocycles. The SMILES string of the molecule is CCC1CCCCCN1C(=S)Nc1ccc([N+](=O)[O-])cc1. The summed E-state index contributed by atoms with van der Waals surface area (Å²) in [5.74, 6) is 0. The molecule has 0 spiro atoms. The molecule has 1 fully saturated rings. The number of rotatable bonds is 3. The van der Waals surface area contributed by atoms with Crippen LogP contribution in [0.1, 0.15) is 39.0 Å². The lowest BCUT2D eigenvalue weighted by atomic mass is 10.1. The first-order valence-electron chi connectivity index (χ1n) is 7.44. The summed E-state index contributed by atoms with van der Waals surface area (Å²) in [6, 6.07) is 6.87. The molecule has 2 rings (SSSR count). The Kier molecular flexibility index (Phi) is 5.50. The van der Waals surface area contributed by atoms with Crippen LogP contribution in [0.15, 0.2) is 24.3 Å². The van der Waals surface area contributed by atoms with Crippen molar-refractivity contribution in [1.29, 1.82) is 0 Å². The van der Waals surface area contributed by atoms with Crippen molar-refractivity contribution in [2.24, 2.45) is 0 Å². The first-order chi connectivity index (χ1) is 10.1. The maximum atomic E-state index is 10.7. The molecular weight excluding hydrogens is 286 g/mol. The van der Waals surface area contributed by atoms with Crippen LogP contribution >= 0.6 is 12.2 Å². The molecule has 0 aromatic heterocycles. The summed E-state index contributed by atoms with van der Waals surface area (Å²) in [4.78, 5) is 12.5. The zero-order valence-electron chi connectivity index (χ0n) is 12.2. The first kappa shape index (κ1) is 15.7. The van der Waals surface area contributed by atoms with Gasteiger partial charge in [0.1, 0.15) is 0 Å². The van der Waals surface area contributed by atoms with Crippen molar-refractivity contribution < 1.29 is 4.92 Å². The minimum Gasteiger partial charge on any atom is -0.346 e. The molecule has 1 aromatic rings. The summed E-state index contributed by atoms with van der Waals surface area (Å²) >= 11 is 5.52. The van der Waals surface area contributed by atoms with Crippen LogP contribution in [0.25, 0.3) is 0 Å². The van der Waals surface area contributed by atoms with Crippen LogP contribution in [0.2, 0.25) is 0 Å². The number of hydrogen-bond donors (Lipinski definition) is 1. The average Bonchev–Trinajstić information content (AvgIpc) is 2.72.